The summed E-state index contributed by atoms with van der Waals surface area (Å²) in [6.45, 7) is 10.6. The number of alkyl carbamates (subject to hydrolysis) is 1. The van der Waals surface area contributed by atoms with E-state index in [1.165, 1.54) is 31.1 Å². The molecule has 1 amide bonds. The predicted molar refractivity (Wildman–Crippen MR) is 131 cm³/mol. The van der Waals surface area contributed by atoms with Crippen LogP contribution in [0.3, 0.4) is 0 Å². The Morgan fingerprint density at radius 1 is 1.00 bits per heavy atom. The topological polar surface area (TPSA) is 75.7 Å². The zero-order valence-corrected chi connectivity index (χ0v) is 21.2. The second-order valence-corrected chi connectivity index (χ2v) is 9.92. The Morgan fingerprint density at radius 2 is 1.61 bits per heavy atom. The number of amides is 1. The number of hydrogen-bond donors (Lipinski definition) is 1. The quantitative estimate of drug-likeness (QED) is 0.442. The Labute approximate surface area is 199 Å². The molecule has 1 saturated carbocycles. The van der Waals surface area contributed by atoms with Crippen molar-refractivity contribution in [3.8, 4) is 0 Å². The van der Waals surface area contributed by atoms with Crippen molar-refractivity contribution in [2.75, 3.05) is 13.7 Å². The van der Waals surface area contributed by atoms with Crippen LogP contribution in [0.4, 0.5) is 4.79 Å². The van der Waals surface area contributed by atoms with E-state index in [-0.39, 0.29) is 29.7 Å². The van der Waals surface area contributed by atoms with Crippen molar-refractivity contribution in [3.63, 3.8) is 0 Å². The molecule has 1 aromatic rings. The molecule has 1 aromatic carbocycles. The molecule has 1 fully saturated rings. The molecule has 2 atom stereocenters. The third-order valence-electron chi connectivity index (χ3n) is 6.61. The molecule has 2 unspecified atom stereocenters. The van der Waals surface area contributed by atoms with Gasteiger partial charge in [0.15, 0.2) is 5.78 Å². The molecule has 0 spiro atoms. The van der Waals surface area contributed by atoms with Crippen LogP contribution in [-0.4, -0.2) is 54.3 Å². The summed E-state index contributed by atoms with van der Waals surface area (Å²) < 4.78 is 4.76. The van der Waals surface area contributed by atoms with Crippen LogP contribution in [0.25, 0.3) is 0 Å². The summed E-state index contributed by atoms with van der Waals surface area (Å²) in [6, 6.07) is 8.56. The number of nitrogens with one attached hydrogen (secondary N) is 1. The number of carbonyl (C=O) groups is 3. The van der Waals surface area contributed by atoms with Gasteiger partial charge in [0.1, 0.15) is 5.78 Å². The van der Waals surface area contributed by atoms with Crippen LogP contribution in [0.5, 0.6) is 0 Å². The molecular weight excluding hydrogens is 416 g/mol. The van der Waals surface area contributed by atoms with Crippen molar-refractivity contribution in [2.24, 2.45) is 11.8 Å². The summed E-state index contributed by atoms with van der Waals surface area (Å²) in [5.41, 5.74) is 2.49. The highest BCUT2D eigenvalue weighted by molar-refractivity contribution is 5.85. The minimum atomic E-state index is -0.506. The fraction of sp³-hybridized carbons (Fsp3) is 0.667. The fourth-order valence-corrected chi connectivity index (χ4v) is 4.30. The number of benzene rings is 1. The van der Waals surface area contributed by atoms with Crippen LogP contribution in [0, 0.1) is 11.8 Å². The molecule has 1 N–H and O–H groups in total. The van der Waals surface area contributed by atoms with Gasteiger partial charge in [0.25, 0.3) is 0 Å². The molecule has 0 heterocycles. The van der Waals surface area contributed by atoms with Crippen LogP contribution in [-0.2, 0) is 27.2 Å². The number of carbonyl (C=O) groups excluding carboxylic acids is 3. The van der Waals surface area contributed by atoms with Crippen LogP contribution in [0.2, 0.25) is 0 Å². The van der Waals surface area contributed by atoms with Gasteiger partial charge in [-0.2, -0.15) is 0 Å². The number of ketones is 2. The zero-order valence-electron chi connectivity index (χ0n) is 21.2. The minimum Gasteiger partial charge on any atom is -0.453 e. The highest BCUT2D eigenvalue weighted by atomic mass is 16.5. The summed E-state index contributed by atoms with van der Waals surface area (Å²) in [5.74, 6) is 0.416. The summed E-state index contributed by atoms with van der Waals surface area (Å²) in [4.78, 5) is 39.1. The zero-order chi connectivity index (χ0) is 24.5. The third kappa shape index (κ3) is 8.58. The van der Waals surface area contributed by atoms with E-state index in [1.807, 2.05) is 40.7 Å². The molecule has 0 bridgehead atoms. The predicted octanol–water partition coefficient (Wildman–Crippen LogP) is 4.58. The number of methoxy groups -OCH3 is 1. The van der Waals surface area contributed by atoms with Gasteiger partial charge in [-0.05, 0) is 50.2 Å². The average Bonchev–Trinajstić information content (AvgIpc) is 3.62. The summed E-state index contributed by atoms with van der Waals surface area (Å²) in [6.07, 6.45) is 4.44. The maximum Gasteiger partial charge on any atom is 0.407 e. The van der Waals surface area contributed by atoms with Crippen molar-refractivity contribution in [3.05, 3.63) is 35.4 Å². The van der Waals surface area contributed by atoms with Crippen LogP contribution >= 0.6 is 0 Å². The Bertz CT molecular complexity index is 801. The van der Waals surface area contributed by atoms with Gasteiger partial charge in [-0.3, -0.25) is 14.5 Å². The monoisotopic (exact) mass is 458 g/mol. The van der Waals surface area contributed by atoms with Crippen LogP contribution in [0.1, 0.15) is 71.4 Å². The third-order valence-corrected chi connectivity index (χ3v) is 6.61. The lowest BCUT2D eigenvalue weighted by molar-refractivity contribution is -0.127. The highest BCUT2D eigenvalue weighted by Crippen LogP contribution is 2.30. The largest absolute Gasteiger partial charge is 0.453 e. The highest BCUT2D eigenvalue weighted by Gasteiger charge is 2.35. The number of Topliss-reactive ketones (excluding diaryl/α,β-unsaturated/α-hetero) is 2. The van der Waals surface area contributed by atoms with Gasteiger partial charge in [-0.1, -0.05) is 52.0 Å². The lowest BCUT2D eigenvalue weighted by Gasteiger charge is -2.29. The van der Waals surface area contributed by atoms with E-state index in [2.05, 4.69) is 28.4 Å². The summed E-state index contributed by atoms with van der Waals surface area (Å²) in [5, 5.41) is 2.83. The molecule has 1 aliphatic carbocycles. The first-order valence-corrected chi connectivity index (χ1v) is 12.4. The first-order chi connectivity index (χ1) is 15.6. The molecule has 0 aliphatic heterocycles. The molecule has 6 heteroatoms. The van der Waals surface area contributed by atoms with E-state index in [0.717, 1.165) is 19.4 Å². The van der Waals surface area contributed by atoms with E-state index in [4.69, 9.17) is 4.74 Å². The smallest absolute Gasteiger partial charge is 0.407 e. The number of rotatable bonds is 14. The van der Waals surface area contributed by atoms with Gasteiger partial charge >= 0.3 is 6.09 Å². The normalized spacial score (nSPS) is 15.5. The number of hydrogen-bond acceptors (Lipinski definition) is 5. The fourth-order valence-electron chi connectivity index (χ4n) is 4.30. The first kappa shape index (κ1) is 27.0. The summed E-state index contributed by atoms with van der Waals surface area (Å²) in [7, 11) is 1.34. The minimum absolute atomic E-state index is 0.0429. The van der Waals surface area contributed by atoms with E-state index in [1.54, 1.807) is 0 Å². The maximum atomic E-state index is 12.6. The van der Waals surface area contributed by atoms with Gasteiger partial charge in [-0.15, -0.1) is 0 Å². The van der Waals surface area contributed by atoms with Crippen molar-refractivity contribution in [1.82, 2.24) is 10.2 Å². The number of nitrogens with zero attached hydrogens (tertiary/aromatic N) is 1. The Kier molecular flexibility index (Phi) is 10.6. The molecule has 2 rings (SSSR count). The molecule has 0 saturated heterocycles. The second-order valence-electron chi connectivity index (χ2n) is 9.92. The Hall–Kier alpha value is -2.21. The maximum absolute atomic E-state index is 12.6. The number of aryl methyl sites for hydroxylation is 1. The Balaban J connectivity index is 2.05. The van der Waals surface area contributed by atoms with Crippen molar-refractivity contribution in [2.45, 2.75) is 91.3 Å². The molecule has 6 nitrogen and oxygen atoms in total. The van der Waals surface area contributed by atoms with Gasteiger partial charge < -0.3 is 10.1 Å². The molecule has 1 aliphatic rings. The van der Waals surface area contributed by atoms with E-state index in [9.17, 15) is 14.4 Å². The number of ether oxygens (including phenoxy) is 1. The molecule has 33 heavy (non-hydrogen) atoms. The molecule has 0 aromatic heterocycles. The van der Waals surface area contributed by atoms with E-state index < -0.39 is 6.09 Å². The summed E-state index contributed by atoms with van der Waals surface area (Å²) >= 11 is 0. The SMILES string of the molecule is COC(=O)NC(CCc1ccccc1CCN(C1CC1)C(C)C(=O)C(C)C)CC(=O)C(C)C. The van der Waals surface area contributed by atoms with E-state index >= 15 is 0 Å². The van der Waals surface area contributed by atoms with Crippen LogP contribution in [0.15, 0.2) is 24.3 Å². The molecule has 184 valence electrons. The average molecular weight is 459 g/mol. The standard InChI is InChI=1S/C27H42N2O4/c1-18(2)25(30)17-23(28-27(32)33-6)12-11-21-9-7-8-10-22(21)15-16-29(24-13-14-24)20(5)26(31)19(3)4/h7-10,18-20,23-24H,11-17H2,1-6H3,(H,28,32). The van der Waals surface area contributed by atoms with Crippen molar-refractivity contribution >= 4 is 17.7 Å². The Morgan fingerprint density at radius 3 is 2.12 bits per heavy atom. The molecule has 0 radical (unpaired) electrons. The van der Waals surface area contributed by atoms with Gasteiger partial charge in [0.05, 0.1) is 13.2 Å². The second kappa shape index (κ2) is 12.9. The molecular formula is C27H42N2O4. The van der Waals surface area contributed by atoms with Crippen LogP contribution < -0.4 is 5.32 Å². The lowest BCUT2D eigenvalue weighted by atomic mass is 9.94. The van der Waals surface area contributed by atoms with E-state index in [0.29, 0.717) is 24.7 Å². The van der Waals surface area contributed by atoms with Crippen molar-refractivity contribution < 1.29 is 19.1 Å². The van der Waals surface area contributed by atoms with Gasteiger partial charge in [0, 0.05) is 36.9 Å². The van der Waals surface area contributed by atoms with Gasteiger partial charge in [-0.25, -0.2) is 4.79 Å². The lowest BCUT2D eigenvalue weighted by Crippen LogP contribution is -2.43. The first-order valence-electron chi connectivity index (χ1n) is 12.4. The van der Waals surface area contributed by atoms with Gasteiger partial charge in [0.2, 0.25) is 0 Å². The van der Waals surface area contributed by atoms with Crippen molar-refractivity contribution in [1.29, 1.82) is 0 Å².